The highest BCUT2D eigenvalue weighted by Crippen LogP contribution is 2.55. The third-order valence-electron chi connectivity index (χ3n) is 8.21. The third kappa shape index (κ3) is 3.68. The predicted octanol–water partition coefficient (Wildman–Crippen LogP) is 11.5. The molecule has 1 nitrogen and oxygen atoms in total. The Balaban J connectivity index is 1.52. The molecule has 0 saturated heterocycles. The largest absolute Gasteiger partial charge is 0.309 e. The van der Waals surface area contributed by atoms with Crippen molar-refractivity contribution in [3.05, 3.63) is 150 Å². The normalized spacial score (nSPS) is 15.7. The van der Waals surface area contributed by atoms with Crippen LogP contribution in [-0.4, -0.2) is 0 Å². The number of benzene rings is 6. The van der Waals surface area contributed by atoms with E-state index in [-0.39, 0.29) is 53.1 Å². The molecule has 0 N–H and O–H groups in total. The molecule has 1 aromatic heterocycles. The van der Waals surface area contributed by atoms with Crippen LogP contribution in [0.4, 0.5) is 17.1 Å². The summed E-state index contributed by atoms with van der Waals surface area (Å²) in [6.45, 7) is 4.40. The van der Waals surface area contributed by atoms with Crippen LogP contribution in [0, 0.1) is 0 Å². The van der Waals surface area contributed by atoms with Gasteiger partial charge in [-0.3, -0.25) is 0 Å². The number of hydrogen-bond acceptors (Lipinski definition) is 2. The van der Waals surface area contributed by atoms with Gasteiger partial charge in [-0.1, -0.05) is 117 Å². The number of nitrogens with zero attached hydrogens (tertiary/aromatic N) is 1. The zero-order valence-corrected chi connectivity index (χ0v) is 23.4. The van der Waals surface area contributed by atoms with Gasteiger partial charge >= 0.3 is 0 Å². The summed E-state index contributed by atoms with van der Waals surface area (Å²) in [5.74, 6) is 0. The second kappa shape index (κ2) is 9.19. The van der Waals surface area contributed by atoms with Crippen molar-refractivity contribution in [3.63, 3.8) is 0 Å². The van der Waals surface area contributed by atoms with Gasteiger partial charge in [-0.25, -0.2) is 0 Å². The van der Waals surface area contributed by atoms with E-state index in [0.29, 0.717) is 20.5 Å². The van der Waals surface area contributed by atoms with Gasteiger partial charge in [0.15, 0.2) is 0 Å². The summed E-state index contributed by atoms with van der Waals surface area (Å²) in [6.07, 6.45) is 0. The lowest BCUT2D eigenvalue weighted by atomic mass is 9.82. The van der Waals surface area contributed by atoms with Crippen LogP contribution in [0.5, 0.6) is 0 Å². The molecule has 1 heterocycles. The zero-order valence-electron chi connectivity index (χ0n) is 29.6. The lowest BCUT2D eigenvalue weighted by Gasteiger charge is -2.29. The molecule has 8 rings (SSSR count). The lowest BCUT2D eigenvalue weighted by Crippen LogP contribution is -2.16. The molecule has 0 bridgehead atoms. The van der Waals surface area contributed by atoms with Gasteiger partial charge in [-0.15, -0.1) is 11.3 Å². The van der Waals surface area contributed by atoms with E-state index >= 15 is 0 Å². The number of rotatable bonds is 4. The number of fused-ring (bicyclic) bond motifs is 6. The summed E-state index contributed by atoms with van der Waals surface area (Å²) in [5.41, 5.74) is 7.95. The highest BCUT2D eigenvalue weighted by Gasteiger charge is 2.37. The Morgan fingerprint density at radius 2 is 1.32 bits per heavy atom. The smallest absolute Gasteiger partial charge is 0.0645 e. The molecule has 0 aliphatic heterocycles. The van der Waals surface area contributed by atoms with E-state index < -0.39 is 0 Å². The van der Waals surface area contributed by atoms with Gasteiger partial charge in [0.25, 0.3) is 0 Å². The van der Waals surface area contributed by atoms with Gasteiger partial charge in [-0.2, -0.15) is 0 Å². The molecule has 0 atom stereocenters. The maximum Gasteiger partial charge on any atom is 0.0645 e. The first kappa shape index (κ1) is 17.9. The van der Waals surface area contributed by atoms with Crippen LogP contribution in [0.2, 0.25) is 0 Å². The van der Waals surface area contributed by atoms with Crippen LogP contribution < -0.4 is 4.90 Å². The quantitative estimate of drug-likeness (QED) is 0.211. The Hall–Kier alpha value is -4.66. The van der Waals surface area contributed by atoms with Crippen molar-refractivity contribution in [1.29, 1.82) is 0 Å². The van der Waals surface area contributed by atoms with E-state index in [1.54, 1.807) is 0 Å². The van der Waals surface area contributed by atoms with Crippen molar-refractivity contribution < 1.29 is 9.60 Å². The predicted molar refractivity (Wildman–Crippen MR) is 177 cm³/mol. The zero-order chi connectivity index (χ0) is 33.6. The van der Waals surface area contributed by atoms with Crippen LogP contribution in [0.15, 0.2) is 139 Å². The number of hydrogen-bond donors (Lipinski definition) is 0. The Labute approximate surface area is 254 Å². The summed E-state index contributed by atoms with van der Waals surface area (Å²) < 4.78 is 62.6. The first-order chi connectivity index (χ1) is 23.0. The first-order valence-electron chi connectivity index (χ1n) is 17.1. The van der Waals surface area contributed by atoms with Crippen molar-refractivity contribution in [2.75, 3.05) is 4.90 Å². The standard InChI is InChI=1S/C39H29NS/c1-39(2)31-16-8-6-14-29(31)37-32(39)17-10-18-33(37)40(28-24-22-27(23-25-28)26-12-4-3-5-13-26)34-19-11-21-36-38(34)30-15-7-9-20-35(30)41-36/h3-25H,1-2H3/i7D,9D,11D,15D,19D,20D,21D. The van der Waals surface area contributed by atoms with E-state index in [2.05, 4.69) is 32.0 Å². The number of thiophene rings is 1. The molecular weight excluding hydrogens is 515 g/mol. The van der Waals surface area contributed by atoms with Crippen LogP contribution in [0.1, 0.15) is 34.6 Å². The molecular formula is C39H29NS. The summed E-state index contributed by atoms with van der Waals surface area (Å²) >= 11 is 1.08. The molecule has 2 heteroatoms. The van der Waals surface area contributed by atoms with Gasteiger partial charge in [0, 0.05) is 36.8 Å². The van der Waals surface area contributed by atoms with E-state index in [1.807, 2.05) is 83.8 Å². The van der Waals surface area contributed by atoms with Crippen molar-refractivity contribution >= 4 is 48.6 Å². The number of anilines is 3. The van der Waals surface area contributed by atoms with E-state index in [4.69, 9.17) is 8.22 Å². The first-order valence-corrected chi connectivity index (χ1v) is 14.4. The average Bonchev–Trinajstić information content (AvgIpc) is 3.62. The van der Waals surface area contributed by atoms with Gasteiger partial charge in [0.1, 0.15) is 0 Å². The van der Waals surface area contributed by atoms with Gasteiger partial charge < -0.3 is 4.90 Å². The molecule has 0 saturated carbocycles. The molecule has 1 aliphatic carbocycles. The minimum Gasteiger partial charge on any atom is -0.309 e. The molecule has 196 valence electrons. The van der Waals surface area contributed by atoms with Gasteiger partial charge in [0.2, 0.25) is 0 Å². The fourth-order valence-electron chi connectivity index (χ4n) is 6.26. The summed E-state index contributed by atoms with van der Waals surface area (Å²) in [5, 5.41) is 0.639. The molecule has 6 aromatic carbocycles. The highest BCUT2D eigenvalue weighted by molar-refractivity contribution is 7.26. The molecule has 0 amide bonds. The molecule has 0 fully saturated rings. The van der Waals surface area contributed by atoms with Gasteiger partial charge in [0.05, 0.1) is 21.0 Å². The van der Waals surface area contributed by atoms with Crippen molar-refractivity contribution in [1.82, 2.24) is 0 Å². The monoisotopic (exact) mass is 550 g/mol. The van der Waals surface area contributed by atoms with E-state index in [1.165, 1.54) is 5.56 Å². The van der Waals surface area contributed by atoms with Crippen LogP contribution in [0.3, 0.4) is 0 Å². The van der Waals surface area contributed by atoms with Gasteiger partial charge in [-0.05, 0) is 64.1 Å². The maximum atomic E-state index is 9.44. The van der Waals surface area contributed by atoms with E-state index in [9.17, 15) is 1.37 Å². The van der Waals surface area contributed by atoms with Crippen LogP contribution in [-0.2, 0) is 5.41 Å². The molecule has 0 spiro atoms. The average molecular weight is 551 g/mol. The summed E-state index contributed by atoms with van der Waals surface area (Å²) in [4.78, 5) is 1.96. The van der Waals surface area contributed by atoms with Crippen molar-refractivity contribution in [3.8, 4) is 22.3 Å². The molecule has 0 unspecified atom stereocenters. The topological polar surface area (TPSA) is 3.24 Å². The Bertz CT molecular complexity index is 2450. The fraction of sp³-hybridized carbons (Fsp3) is 0.0769. The Morgan fingerprint density at radius 3 is 2.17 bits per heavy atom. The minimum absolute atomic E-state index is 0.166. The molecule has 0 radical (unpaired) electrons. The van der Waals surface area contributed by atoms with Crippen LogP contribution >= 0.6 is 11.3 Å². The summed E-state index contributed by atoms with van der Waals surface area (Å²) in [6, 6.07) is 30.8. The minimum atomic E-state index is -0.374. The maximum absolute atomic E-state index is 9.44. The van der Waals surface area contributed by atoms with E-state index in [0.717, 1.165) is 50.5 Å². The second-order valence-corrected chi connectivity index (χ2v) is 11.9. The third-order valence-corrected chi connectivity index (χ3v) is 9.23. The second-order valence-electron chi connectivity index (χ2n) is 10.9. The molecule has 41 heavy (non-hydrogen) atoms. The van der Waals surface area contributed by atoms with Crippen molar-refractivity contribution in [2.24, 2.45) is 0 Å². The molecule has 1 aliphatic rings. The van der Waals surface area contributed by atoms with Crippen LogP contribution in [0.25, 0.3) is 42.4 Å². The SMILES string of the molecule is [2H]c1c([2H])c([2H])c2c(sc3c([2H])c([2H])c([2H])c(N(c4ccc(-c5ccccc5)cc4)c4cccc5c4-c4ccccc4C5(C)C)c32)c1[2H]. The molecule has 7 aromatic rings. The van der Waals surface area contributed by atoms with Crippen molar-refractivity contribution in [2.45, 2.75) is 19.3 Å². The Kier molecular flexibility index (Phi) is 4.01. The fourth-order valence-corrected chi connectivity index (χ4v) is 7.22. The lowest BCUT2D eigenvalue weighted by molar-refractivity contribution is 0.660. The summed E-state index contributed by atoms with van der Waals surface area (Å²) in [7, 11) is 0. The Morgan fingerprint density at radius 1 is 0.610 bits per heavy atom. The highest BCUT2D eigenvalue weighted by atomic mass is 32.1.